The van der Waals surface area contributed by atoms with Gasteiger partial charge >= 0.3 is 0 Å². The molecule has 1 aliphatic rings. The average Bonchev–Trinajstić information content (AvgIpc) is 2.76. The summed E-state index contributed by atoms with van der Waals surface area (Å²) in [5, 5.41) is 9.45. The maximum Gasteiger partial charge on any atom is 0.129 e. The van der Waals surface area contributed by atoms with Crippen LogP contribution in [0.2, 0.25) is 0 Å². The van der Waals surface area contributed by atoms with Crippen LogP contribution in [0.5, 0.6) is 0 Å². The number of nitrogens with zero attached hydrogens (tertiary/aromatic N) is 2. The summed E-state index contributed by atoms with van der Waals surface area (Å²) in [4.78, 5) is 7.09. The molecule has 3 rings (SSSR count). The van der Waals surface area contributed by atoms with Gasteiger partial charge in [0.25, 0.3) is 0 Å². The van der Waals surface area contributed by atoms with Gasteiger partial charge in [-0.25, -0.2) is 4.98 Å². The number of pyridine rings is 1. The fourth-order valence-electron chi connectivity index (χ4n) is 2.96. The van der Waals surface area contributed by atoms with Crippen LogP contribution in [0.3, 0.4) is 0 Å². The molecule has 21 heavy (non-hydrogen) atoms. The van der Waals surface area contributed by atoms with Crippen LogP contribution in [-0.2, 0) is 26.0 Å². The SMILES string of the molecule is CCc1cc(CO)cc(N2CCCc3ccccc3C2)n1. The molecule has 1 aromatic heterocycles. The number of fused-ring (bicyclic) bond motifs is 1. The summed E-state index contributed by atoms with van der Waals surface area (Å²) in [6.07, 6.45) is 3.17. The average molecular weight is 282 g/mol. The maximum atomic E-state index is 9.45. The Kier molecular flexibility index (Phi) is 4.20. The Hall–Kier alpha value is -1.87. The summed E-state index contributed by atoms with van der Waals surface area (Å²) >= 11 is 0. The second-order valence-corrected chi connectivity index (χ2v) is 5.63. The molecule has 0 amide bonds. The van der Waals surface area contributed by atoms with Crippen molar-refractivity contribution in [3.63, 3.8) is 0 Å². The van der Waals surface area contributed by atoms with E-state index in [9.17, 15) is 5.11 Å². The van der Waals surface area contributed by atoms with E-state index in [0.717, 1.165) is 49.4 Å². The molecule has 2 aromatic rings. The molecular formula is C18H22N2O. The third-order valence-corrected chi connectivity index (χ3v) is 4.15. The monoisotopic (exact) mass is 282 g/mol. The summed E-state index contributed by atoms with van der Waals surface area (Å²) in [6, 6.07) is 12.7. The predicted octanol–water partition coefficient (Wildman–Crippen LogP) is 3.09. The number of aromatic nitrogens is 1. The molecule has 1 N–H and O–H groups in total. The van der Waals surface area contributed by atoms with Gasteiger partial charge in [-0.1, -0.05) is 31.2 Å². The van der Waals surface area contributed by atoms with Gasteiger partial charge in [0.15, 0.2) is 0 Å². The van der Waals surface area contributed by atoms with E-state index >= 15 is 0 Å². The second kappa shape index (κ2) is 6.27. The first-order chi connectivity index (χ1) is 10.3. The van der Waals surface area contributed by atoms with Crippen molar-refractivity contribution in [1.82, 2.24) is 4.98 Å². The lowest BCUT2D eigenvalue weighted by atomic mass is 10.0. The van der Waals surface area contributed by atoms with Gasteiger partial charge < -0.3 is 10.0 Å². The van der Waals surface area contributed by atoms with Gasteiger partial charge in [0.2, 0.25) is 0 Å². The molecule has 0 fully saturated rings. The van der Waals surface area contributed by atoms with E-state index in [4.69, 9.17) is 4.98 Å². The Morgan fingerprint density at radius 2 is 2.00 bits per heavy atom. The van der Waals surface area contributed by atoms with Crippen molar-refractivity contribution in [3.05, 3.63) is 58.8 Å². The highest BCUT2D eigenvalue weighted by atomic mass is 16.3. The number of benzene rings is 1. The van der Waals surface area contributed by atoms with Crippen molar-refractivity contribution >= 4 is 5.82 Å². The van der Waals surface area contributed by atoms with Crippen LogP contribution in [-0.4, -0.2) is 16.6 Å². The van der Waals surface area contributed by atoms with Crippen molar-refractivity contribution in [2.45, 2.75) is 39.3 Å². The van der Waals surface area contributed by atoms with Crippen LogP contribution >= 0.6 is 0 Å². The molecule has 3 heteroatoms. The third kappa shape index (κ3) is 3.08. The van der Waals surface area contributed by atoms with Crippen molar-refractivity contribution < 1.29 is 5.11 Å². The Morgan fingerprint density at radius 3 is 2.76 bits per heavy atom. The Labute approximate surface area is 126 Å². The minimum atomic E-state index is 0.0763. The fraction of sp³-hybridized carbons (Fsp3) is 0.389. The number of rotatable bonds is 3. The van der Waals surface area contributed by atoms with Gasteiger partial charge in [-0.15, -0.1) is 0 Å². The number of aliphatic hydroxyl groups is 1. The number of anilines is 1. The quantitative estimate of drug-likeness (QED) is 0.940. The van der Waals surface area contributed by atoms with Crippen LogP contribution in [0.4, 0.5) is 5.82 Å². The highest BCUT2D eigenvalue weighted by molar-refractivity contribution is 5.45. The minimum Gasteiger partial charge on any atom is -0.392 e. The van der Waals surface area contributed by atoms with E-state index in [-0.39, 0.29) is 6.61 Å². The molecule has 2 heterocycles. The van der Waals surface area contributed by atoms with Gasteiger partial charge in [0.05, 0.1) is 6.61 Å². The summed E-state index contributed by atoms with van der Waals surface area (Å²) < 4.78 is 0. The predicted molar refractivity (Wildman–Crippen MR) is 85.4 cm³/mol. The largest absolute Gasteiger partial charge is 0.392 e. The second-order valence-electron chi connectivity index (χ2n) is 5.63. The van der Waals surface area contributed by atoms with Crippen LogP contribution < -0.4 is 4.90 Å². The number of aliphatic hydroxyl groups excluding tert-OH is 1. The van der Waals surface area contributed by atoms with Gasteiger partial charge in [-0.05, 0) is 48.1 Å². The first kappa shape index (κ1) is 14.1. The highest BCUT2D eigenvalue weighted by Crippen LogP contribution is 2.24. The van der Waals surface area contributed by atoms with Crippen LogP contribution in [0.25, 0.3) is 0 Å². The maximum absolute atomic E-state index is 9.45. The van der Waals surface area contributed by atoms with Gasteiger partial charge in [0.1, 0.15) is 5.82 Å². The highest BCUT2D eigenvalue weighted by Gasteiger charge is 2.16. The molecule has 0 saturated carbocycles. The van der Waals surface area contributed by atoms with E-state index < -0.39 is 0 Å². The molecule has 110 valence electrons. The zero-order valence-electron chi connectivity index (χ0n) is 12.5. The Balaban J connectivity index is 1.93. The lowest BCUT2D eigenvalue weighted by molar-refractivity contribution is 0.281. The molecule has 0 aliphatic carbocycles. The van der Waals surface area contributed by atoms with Crippen molar-refractivity contribution in [3.8, 4) is 0 Å². The normalized spacial score (nSPS) is 14.7. The molecule has 0 saturated heterocycles. The summed E-state index contributed by atoms with van der Waals surface area (Å²) in [5.41, 5.74) is 4.85. The summed E-state index contributed by atoms with van der Waals surface area (Å²) in [7, 11) is 0. The van der Waals surface area contributed by atoms with Gasteiger partial charge in [0, 0.05) is 18.8 Å². The van der Waals surface area contributed by atoms with Crippen molar-refractivity contribution in [2.24, 2.45) is 0 Å². The van der Waals surface area contributed by atoms with E-state index in [1.54, 1.807) is 0 Å². The third-order valence-electron chi connectivity index (χ3n) is 4.15. The van der Waals surface area contributed by atoms with E-state index in [0.29, 0.717) is 0 Å². The summed E-state index contributed by atoms with van der Waals surface area (Å²) in [6.45, 7) is 4.10. The molecule has 0 bridgehead atoms. The van der Waals surface area contributed by atoms with Crippen LogP contribution in [0.1, 0.15) is 35.7 Å². The molecule has 1 aromatic carbocycles. The number of hydrogen-bond donors (Lipinski definition) is 1. The van der Waals surface area contributed by atoms with Crippen molar-refractivity contribution in [2.75, 3.05) is 11.4 Å². The first-order valence-electron chi connectivity index (χ1n) is 7.72. The van der Waals surface area contributed by atoms with Gasteiger partial charge in [-0.2, -0.15) is 0 Å². The zero-order valence-corrected chi connectivity index (χ0v) is 12.5. The smallest absolute Gasteiger partial charge is 0.129 e. The molecular weight excluding hydrogens is 260 g/mol. The molecule has 0 unspecified atom stereocenters. The summed E-state index contributed by atoms with van der Waals surface area (Å²) in [5.74, 6) is 0.995. The lowest BCUT2D eigenvalue weighted by Gasteiger charge is -2.23. The minimum absolute atomic E-state index is 0.0763. The fourth-order valence-corrected chi connectivity index (χ4v) is 2.96. The Bertz CT molecular complexity index is 602. The van der Waals surface area contributed by atoms with Crippen molar-refractivity contribution in [1.29, 1.82) is 0 Å². The molecule has 0 radical (unpaired) electrons. The molecule has 0 spiro atoms. The lowest BCUT2D eigenvalue weighted by Crippen LogP contribution is -2.24. The molecule has 3 nitrogen and oxygen atoms in total. The van der Waals surface area contributed by atoms with E-state index in [2.05, 4.69) is 36.1 Å². The van der Waals surface area contributed by atoms with E-state index in [1.165, 1.54) is 11.1 Å². The van der Waals surface area contributed by atoms with Crippen LogP contribution in [0.15, 0.2) is 36.4 Å². The number of hydrogen-bond acceptors (Lipinski definition) is 3. The van der Waals surface area contributed by atoms with Crippen LogP contribution in [0, 0.1) is 0 Å². The standard InChI is InChI=1S/C18H22N2O/c1-2-17-10-14(13-21)11-18(19-17)20-9-5-8-15-6-3-4-7-16(15)12-20/h3-4,6-7,10-11,21H,2,5,8-9,12-13H2,1H3. The topological polar surface area (TPSA) is 36.4 Å². The molecule has 1 aliphatic heterocycles. The zero-order chi connectivity index (χ0) is 14.7. The molecule has 0 atom stereocenters. The van der Waals surface area contributed by atoms with Gasteiger partial charge in [-0.3, -0.25) is 0 Å². The van der Waals surface area contributed by atoms with E-state index in [1.807, 2.05) is 12.1 Å². The first-order valence-corrected chi connectivity index (χ1v) is 7.72. The Morgan fingerprint density at radius 1 is 1.19 bits per heavy atom. The number of aryl methyl sites for hydroxylation is 2.